The van der Waals surface area contributed by atoms with Crippen molar-refractivity contribution in [2.75, 3.05) is 30.9 Å². The van der Waals surface area contributed by atoms with Gasteiger partial charge < -0.3 is 15.3 Å². The van der Waals surface area contributed by atoms with Crippen molar-refractivity contribution in [3.05, 3.63) is 100 Å². The number of carboxylic acids is 1. The highest BCUT2D eigenvalue weighted by Crippen LogP contribution is 2.49. The van der Waals surface area contributed by atoms with Gasteiger partial charge in [0.25, 0.3) is 0 Å². The van der Waals surface area contributed by atoms with Gasteiger partial charge in [0.15, 0.2) is 11.6 Å². The van der Waals surface area contributed by atoms with Crippen LogP contribution in [0.4, 0.5) is 11.4 Å². The third-order valence-corrected chi connectivity index (χ3v) is 7.93. The molecule has 6 heteroatoms. The number of nitrogens with zero attached hydrogens (tertiary/aromatic N) is 1. The lowest BCUT2D eigenvalue weighted by Gasteiger charge is -2.43. The van der Waals surface area contributed by atoms with Gasteiger partial charge in [-0.3, -0.25) is 9.59 Å². The Morgan fingerprint density at radius 2 is 1.45 bits per heavy atom. The van der Waals surface area contributed by atoms with Crippen LogP contribution in [-0.2, 0) is 10.8 Å². The van der Waals surface area contributed by atoms with Crippen molar-refractivity contribution in [2.45, 2.75) is 51.4 Å². The second kappa shape index (κ2) is 11.1. The molecule has 0 aromatic heterocycles. The third-order valence-electron chi connectivity index (χ3n) is 7.93. The standard InChI is InChI=1S/C34H38N2O4/c1-33(2)17-18-34(3,4)31-27(33)19-25(29(37)16-9-22-7-10-24(11-8-22)32(39)40)20-28(31)35-21-30(38)23-12-14-26(15-13-23)36(5)6/h7-16,19-20,35H,17-18,21H2,1-6H3,(H,39,40). The van der Waals surface area contributed by atoms with Crippen LogP contribution in [0.1, 0.15) is 88.3 Å². The Kier molecular flexibility index (Phi) is 8.01. The number of fused-ring (bicyclic) bond motifs is 1. The smallest absolute Gasteiger partial charge is 0.335 e. The van der Waals surface area contributed by atoms with E-state index in [9.17, 15) is 14.4 Å². The molecule has 0 radical (unpaired) electrons. The molecule has 1 aliphatic carbocycles. The van der Waals surface area contributed by atoms with Crippen molar-refractivity contribution >= 4 is 35.0 Å². The quantitative estimate of drug-likeness (QED) is 0.226. The zero-order valence-corrected chi connectivity index (χ0v) is 24.2. The van der Waals surface area contributed by atoms with E-state index in [0.29, 0.717) is 11.1 Å². The molecule has 0 atom stereocenters. The Bertz CT molecular complexity index is 1460. The summed E-state index contributed by atoms with van der Waals surface area (Å²) in [5.74, 6) is -1.17. The van der Waals surface area contributed by atoms with E-state index in [1.54, 1.807) is 18.2 Å². The number of carboxylic acid groups (broad SMARTS) is 1. The molecule has 3 aromatic carbocycles. The van der Waals surface area contributed by atoms with E-state index < -0.39 is 5.97 Å². The summed E-state index contributed by atoms with van der Waals surface area (Å²) in [6.45, 7) is 8.97. The van der Waals surface area contributed by atoms with Gasteiger partial charge in [0.05, 0.1) is 12.1 Å². The molecular formula is C34H38N2O4. The Labute approximate surface area is 236 Å². The summed E-state index contributed by atoms with van der Waals surface area (Å²) >= 11 is 0. The lowest BCUT2D eigenvalue weighted by atomic mass is 9.62. The number of carbonyl (C=O) groups excluding carboxylic acids is 2. The number of rotatable bonds is 9. The number of Topliss-reactive ketones (excluding diaryl/α,β-unsaturated/α-hetero) is 1. The van der Waals surface area contributed by atoms with Gasteiger partial charge in [-0.15, -0.1) is 0 Å². The number of hydrogen-bond acceptors (Lipinski definition) is 5. The van der Waals surface area contributed by atoms with Gasteiger partial charge in [-0.25, -0.2) is 4.79 Å². The molecule has 6 nitrogen and oxygen atoms in total. The first-order valence-electron chi connectivity index (χ1n) is 13.6. The second-order valence-electron chi connectivity index (χ2n) is 12.1. The number of anilines is 2. The SMILES string of the molecule is CN(C)c1ccc(C(=O)CNc2cc(C(=O)C=Cc3ccc(C(=O)O)cc3)cc3c2C(C)(C)CCC3(C)C)cc1. The van der Waals surface area contributed by atoms with Crippen LogP contribution in [0.2, 0.25) is 0 Å². The summed E-state index contributed by atoms with van der Waals surface area (Å²) in [6, 6.07) is 17.8. The molecule has 4 rings (SSSR count). The molecule has 2 N–H and O–H groups in total. The summed E-state index contributed by atoms with van der Waals surface area (Å²) in [4.78, 5) is 39.6. The Morgan fingerprint density at radius 1 is 0.850 bits per heavy atom. The van der Waals surface area contributed by atoms with Crippen molar-refractivity contribution < 1.29 is 19.5 Å². The molecule has 0 heterocycles. The van der Waals surface area contributed by atoms with Crippen LogP contribution in [0.3, 0.4) is 0 Å². The minimum Gasteiger partial charge on any atom is -0.478 e. The van der Waals surface area contributed by atoms with Crippen molar-refractivity contribution in [3.8, 4) is 0 Å². The fourth-order valence-corrected chi connectivity index (χ4v) is 5.30. The maximum atomic E-state index is 13.4. The van der Waals surface area contributed by atoms with Gasteiger partial charge in [-0.2, -0.15) is 0 Å². The largest absolute Gasteiger partial charge is 0.478 e. The summed E-state index contributed by atoms with van der Waals surface area (Å²) in [5, 5.41) is 12.5. The van der Waals surface area contributed by atoms with Crippen LogP contribution in [0.5, 0.6) is 0 Å². The Balaban J connectivity index is 1.65. The summed E-state index contributed by atoms with van der Waals surface area (Å²) in [5.41, 5.74) is 6.00. The monoisotopic (exact) mass is 538 g/mol. The number of allylic oxidation sites excluding steroid dienone is 1. The second-order valence-corrected chi connectivity index (χ2v) is 12.1. The molecule has 0 saturated heterocycles. The minimum absolute atomic E-state index is 0.0200. The van der Waals surface area contributed by atoms with Gasteiger partial charge >= 0.3 is 5.97 Å². The van der Waals surface area contributed by atoms with Gasteiger partial charge in [-0.1, -0.05) is 45.9 Å². The van der Waals surface area contributed by atoms with E-state index in [0.717, 1.165) is 40.9 Å². The number of aromatic carboxylic acids is 1. The maximum Gasteiger partial charge on any atom is 0.335 e. The van der Waals surface area contributed by atoms with E-state index >= 15 is 0 Å². The van der Waals surface area contributed by atoms with Gasteiger partial charge in [0.1, 0.15) is 0 Å². The first-order chi connectivity index (χ1) is 18.8. The lowest BCUT2D eigenvalue weighted by Crippen LogP contribution is -2.35. The van der Waals surface area contributed by atoms with Crippen molar-refractivity contribution in [1.82, 2.24) is 0 Å². The minimum atomic E-state index is -0.990. The van der Waals surface area contributed by atoms with E-state index in [2.05, 4.69) is 33.0 Å². The first-order valence-corrected chi connectivity index (χ1v) is 13.6. The normalized spacial score (nSPS) is 15.3. The molecular weight excluding hydrogens is 500 g/mol. The highest BCUT2D eigenvalue weighted by Gasteiger charge is 2.39. The van der Waals surface area contributed by atoms with Crippen LogP contribution < -0.4 is 10.2 Å². The molecule has 0 spiro atoms. The number of nitrogens with one attached hydrogen (secondary N) is 1. The summed E-state index contributed by atoms with van der Waals surface area (Å²) < 4.78 is 0. The van der Waals surface area contributed by atoms with E-state index in [1.165, 1.54) is 18.2 Å². The highest BCUT2D eigenvalue weighted by atomic mass is 16.4. The van der Waals surface area contributed by atoms with Crippen LogP contribution in [0, 0.1) is 0 Å². The Hall–Kier alpha value is -4.19. The van der Waals surface area contributed by atoms with Crippen LogP contribution in [0.15, 0.2) is 66.7 Å². The molecule has 0 aliphatic heterocycles. The summed E-state index contributed by atoms with van der Waals surface area (Å²) in [6.07, 6.45) is 5.20. The molecule has 40 heavy (non-hydrogen) atoms. The molecule has 1 aliphatic rings. The Morgan fingerprint density at radius 3 is 2.05 bits per heavy atom. The van der Waals surface area contributed by atoms with E-state index in [-0.39, 0.29) is 34.5 Å². The molecule has 3 aromatic rings. The predicted molar refractivity (Wildman–Crippen MR) is 162 cm³/mol. The zero-order chi connectivity index (χ0) is 29.2. The lowest BCUT2D eigenvalue weighted by molar-refractivity contribution is 0.0696. The predicted octanol–water partition coefficient (Wildman–Crippen LogP) is 6.99. The van der Waals surface area contributed by atoms with Crippen LogP contribution in [-0.4, -0.2) is 43.3 Å². The summed E-state index contributed by atoms with van der Waals surface area (Å²) in [7, 11) is 3.92. The zero-order valence-electron chi connectivity index (χ0n) is 24.2. The van der Waals surface area contributed by atoms with Crippen LogP contribution >= 0.6 is 0 Å². The third kappa shape index (κ3) is 6.17. The fourth-order valence-electron chi connectivity index (χ4n) is 5.30. The van der Waals surface area contributed by atoms with Crippen molar-refractivity contribution in [1.29, 1.82) is 0 Å². The van der Waals surface area contributed by atoms with E-state index in [1.807, 2.05) is 55.4 Å². The molecule has 0 unspecified atom stereocenters. The highest BCUT2D eigenvalue weighted by molar-refractivity contribution is 6.08. The molecule has 0 fully saturated rings. The van der Waals surface area contributed by atoms with Crippen molar-refractivity contribution in [2.24, 2.45) is 0 Å². The van der Waals surface area contributed by atoms with Crippen LogP contribution in [0.25, 0.3) is 6.08 Å². The first kappa shape index (κ1) is 28.8. The molecule has 0 saturated carbocycles. The molecule has 0 amide bonds. The van der Waals surface area contributed by atoms with Gasteiger partial charge in [-0.05, 0) is 95.0 Å². The fraction of sp³-hybridized carbons (Fsp3) is 0.324. The maximum absolute atomic E-state index is 13.4. The molecule has 208 valence electrons. The number of ketones is 2. The molecule has 0 bridgehead atoms. The van der Waals surface area contributed by atoms with Crippen molar-refractivity contribution in [3.63, 3.8) is 0 Å². The number of benzene rings is 3. The number of hydrogen-bond donors (Lipinski definition) is 2. The topological polar surface area (TPSA) is 86.7 Å². The number of carbonyl (C=O) groups is 3. The average Bonchev–Trinajstić information content (AvgIpc) is 2.92. The van der Waals surface area contributed by atoms with E-state index in [4.69, 9.17) is 5.11 Å². The van der Waals surface area contributed by atoms with Gasteiger partial charge in [0, 0.05) is 36.6 Å². The van der Waals surface area contributed by atoms with Gasteiger partial charge in [0.2, 0.25) is 0 Å². The average molecular weight is 539 g/mol.